The molecule has 2 saturated heterocycles. The van der Waals surface area contributed by atoms with Crippen LogP contribution >= 0.6 is 0 Å². The Morgan fingerprint density at radius 2 is 2.12 bits per heavy atom. The lowest BCUT2D eigenvalue weighted by atomic mass is 10.2. The van der Waals surface area contributed by atoms with Crippen molar-refractivity contribution >= 4 is 5.69 Å². The van der Waals surface area contributed by atoms with Gasteiger partial charge in [-0.25, -0.2) is 0 Å². The summed E-state index contributed by atoms with van der Waals surface area (Å²) in [7, 11) is 0. The van der Waals surface area contributed by atoms with Crippen molar-refractivity contribution < 1.29 is 4.74 Å². The Labute approximate surface area is 96.0 Å². The van der Waals surface area contributed by atoms with Gasteiger partial charge in [-0.3, -0.25) is 10.00 Å². The molecule has 2 aliphatic rings. The van der Waals surface area contributed by atoms with Crippen LogP contribution in [0.5, 0.6) is 0 Å². The van der Waals surface area contributed by atoms with Gasteiger partial charge in [0.2, 0.25) is 0 Å². The normalized spacial score (nSPS) is 21.3. The summed E-state index contributed by atoms with van der Waals surface area (Å²) in [6.45, 7) is 6.48. The molecule has 2 aliphatic heterocycles. The molecule has 3 rings (SSSR count). The lowest BCUT2D eigenvalue weighted by Gasteiger charge is -2.34. The third kappa shape index (κ3) is 2.74. The van der Waals surface area contributed by atoms with Gasteiger partial charge < -0.3 is 10.5 Å². The van der Waals surface area contributed by atoms with Crippen molar-refractivity contribution in [3.8, 4) is 0 Å². The molecule has 0 spiro atoms. The molecule has 0 bridgehead atoms. The second kappa shape index (κ2) is 5.32. The zero-order valence-corrected chi connectivity index (χ0v) is 9.78. The van der Waals surface area contributed by atoms with Gasteiger partial charge in [0.25, 0.3) is 0 Å². The average Bonchev–Trinajstić information content (AvgIpc) is 2.79. The SMILES string of the molecule is C1CCN(C2COC2)C1.Cc1[nH]ncc1N. The quantitative estimate of drug-likeness (QED) is 0.740. The minimum absolute atomic E-state index is 0.722. The molecule has 3 heterocycles. The zero-order valence-electron chi connectivity index (χ0n) is 9.78. The smallest absolute Gasteiger partial charge is 0.0727 e. The number of nitrogens with one attached hydrogen (secondary N) is 1. The van der Waals surface area contributed by atoms with E-state index in [2.05, 4.69) is 15.1 Å². The number of nitrogen functional groups attached to an aromatic ring is 1. The highest BCUT2D eigenvalue weighted by Gasteiger charge is 2.27. The predicted octanol–water partition coefficient (Wildman–Crippen LogP) is 0.781. The largest absolute Gasteiger partial charge is 0.396 e. The lowest BCUT2D eigenvalue weighted by Crippen LogP contribution is -2.47. The van der Waals surface area contributed by atoms with E-state index in [0.29, 0.717) is 0 Å². The van der Waals surface area contributed by atoms with E-state index in [1.807, 2.05) is 6.92 Å². The Morgan fingerprint density at radius 3 is 2.44 bits per heavy atom. The second-order valence-electron chi connectivity index (χ2n) is 4.38. The fraction of sp³-hybridized carbons (Fsp3) is 0.727. The molecule has 5 nitrogen and oxygen atoms in total. The molecule has 0 amide bonds. The molecule has 1 aromatic heterocycles. The van der Waals surface area contributed by atoms with E-state index < -0.39 is 0 Å². The first kappa shape index (κ1) is 11.4. The van der Waals surface area contributed by atoms with Crippen molar-refractivity contribution in [2.45, 2.75) is 25.8 Å². The summed E-state index contributed by atoms with van der Waals surface area (Å²) in [6.07, 6.45) is 4.39. The maximum atomic E-state index is 5.35. The summed E-state index contributed by atoms with van der Waals surface area (Å²) in [4.78, 5) is 2.55. The second-order valence-corrected chi connectivity index (χ2v) is 4.38. The minimum Gasteiger partial charge on any atom is -0.396 e. The standard InChI is InChI=1S/C7H13NO.C4H7N3/c1-2-4-8(3-1)7-5-9-6-7;1-3-4(5)2-6-7-3/h7H,1-6H2;2H,5H2,1H3,(H,6,7). The Bertz CT molecular complexity index is 299. The molecule has 0 unspecified atom stereocenters. The maximum Gasteiger partial charge on any atom is 0.0727 e. The first-order valence-corrected chi connectivity index (χ1v) is 5.84. The number of nitrogens with zero attached hydrogens (tertiary/aromatic N) is 2. The highest BCUT2D eigenvalue weighted by Crippen LogP contribution is 2.16. The van der Waals surface area contributed by atoms with Gasteiger partial charge >= 0.3 is 0 Å². The van der Waals surface area contributed by atoms with Gasteiger partial charge in [0.15, 0.2) is 0 Å². The Kier molecular flexibility index (Phi) is 3.79. The summed E-state index contributed by atoms with van der Waals surface area (Å²) in [6, 6.07) is 0.785. The summed E-state index contributed by atoms with van der Waals surface area (Å²) in [5, 5.41) is 6.36. The van der Waals surface area contributed by atoms with Crippen LogP contribution in [0.15, 0.2) is 6.20 Å². The first-order valence-electron chi connectivity index (χ1n) is 5.84. The van der Waals surface area contributed by atoms with Gasteiger partial charge in [0.1, 0.15) is 0 Å². The molecule has 3 N–H and O–H groups in total. The number of hydrogen-bond donors (Lipinski definition) is 2. The van der Waals surface area contributed by atoms with Crippen LogP contribution in [-0.2, 0) is 4.74 Å². The Morgan fingerprint density at radius 1 is 1.44 bits per heavy atom. The number of aromatic nitrogens is 2. The van der Waals surface area contributed by atoms with Crippen LogP contribution in [0.2, 0.25) is 0 Å². The highest BCUT2D eigenvalue weighted by atomic mass is 16.5. The first-order chi connectivity index (χ1) is 7.77. The number of hydrogen-bond acceptors (Lipinski definition) is 4. The van der Waals surface area contributed by atoms with E-state index in [-0.39, 0.29) is 0 Å². The van der Waals surface area contributed by atoms with Crippen molar-refractivity contribution in [2.24, 2.45) is 0 Å². The van der Waals surface area contributed by atoms with Crippen molar-refractivity contribution in [1.29, 1.82) is 0 Å². The minimum atomic E-state index is 0.722. The third-order valence-corrected chi connectivity index (χ3v) is 3.15. The van der Waals surface area contributed by atoms with Crippen molar-refractivity contribution in [3.63, 3.8) is 0 Å². The molecule has 5 heteroatoms. The number of ether oxygens (including phenoxy) is 1. The van der Waals surface area contributed by atoms with E-state index in [1.165, 1.54) is 25.9 Å². The number of rotatable bonds is 1. The monoisotopic (exact) mass is 224 g/mol. The molecule has 90 valence electrons. The van der Waals surface area contributed by atoms with Gasteiger partial charge in [0, 0.05) is 0 Å². The topological polar surface area (TPSA) is 67.2 Å². The van der Waals surface area contributed by atoms with Gasteiger partial charge in [0.05, 0.1) is 36.8 Å². The summed E-state index contributed by atoms with van der Waals surface area (Å²) in [5.41, 5.74) is 7.00. The average molecular weight is 224 g/mol. The molecule has 1 aromatic rings. The zero-order chi connectivity index (χ0) is 11.4. The maximum absolute atomic E-state index is 5.35. The highest BCUT2D eigenvalue weighted by molar-refractivity contribution is 5.38. The molecule has 0 aromatic carbocycles. The molecule has 0 atom stereocenters. The van der Waals surface area contributed by atoms with Crippen molar-refractivity contribution in [1.82, 2.24) is 15.1 Å². The Hall–Kier alpha value is -1.07. The van der Waals surface area contributed by atoms with Crippen LogP contribution in [0.1, 0.15) is 18.5 Å². The van der Waals surface area contributed by atoms with Crippen molar-refractivity contribution in [3.05, 3.63) is 11.9 Å². The number of anilines is 1. The predicted molar refractivity (Wildman–Crippen MR) is 63.2 cm³/mol. The molecular weight excluding hydrogens is 204 g/mol. The van der Waals surface area contributed by atoms with Crippen LogP contribution in [0, 0.1) is 6.92 Å². The van der Waals surface area contributed by atoms with E-state index in [0.717, 1.165) is 30.6 Å². The summed E-state index contributed by atoms with van der Waals surface area (Å²) >= 11 is 0. The fourth-order valence-electron chi connectivity index (χ4n) is 1.90. The van der Waals surface area contributed by atoms with Crippen LogP contribution < -0.4 is 5.73 Å². The van der Waals surface area contributed by atoms with Gasteiger partial charge in [-0.2, -0.15) is 5.10 Å². The summed E-state index contributed by atoms with van der Waals surface area (Å²) < 4.78 is 5.11. The fourth-order valence-corrected chi connectivity index (χ4v) is 1.90. The molecular formula is C11H20N4O. The molecule has 16 heavy (non-hydrogen) atoms. The van der Waals surface area contributed by atoms with Crippen LogP contribution in [-0.4, -0.2) is 47.4 Å². The molecule has 0 aliphatic carbocycles. The Balaban J connectivity index is 0.000000125. The number of H-pyrrole nitrogens is 1. The van der Waals surface area contributed by atoms with Crippen LogP contribution in [0.4, 0.5) is 5.69 Å². The van der Waals surface area contributed by atoms with E-state index in [4.69, 9.17) is 10.5 Å². The van der Waals surface area contributed by atoms with Gasteiger partial charge in [-0.05, 0) is 32.9 Å². The number of aryl methyl sites for hydroxylation is 1. The third-order valence-electron chi connectivity index (χ3n) is 3.15. The van der Waals surface area contributed by atoms with Crippen LogP contribution in [0.3, 0.4) is 0 Å². The number of aromatic amines is 1. The number of likely N-dealkylation sites (tertiary alicyclic amines) is 1. The van der Waals surface area contributed by atoms with Crippen molar-refractivity contribution in [2.75, 3.05) is 32.0 Å². The van der Waals surface area contributed by atoms with Gasteiger partial charge in [-0.1, -0.05) is 0 Å². The molecule has 0 saturated carbocycles. The number of nitrogens with two attached hydrogens (primary N) is 1. The van der Waals surface area contributed by atoms with Gasteiger partial charge in [-0.15, -0.1) is 0 Å². The van der Waals surface area contributed by atoms with E-state index in [9.17, 15) is 0 Å². The summed E-state index contributed by atoms with van der Waals surface area (Å²) in [5.74, 6) is 0. The lowest BCUT2D eigenvalue weighted by molar-refractivity contribution is -0.0569. The van der Waals surface area contributed by atoms with E-state index >= 15 is 0 Å². The molecule has 2 fully saturated rings. The van der Waals surface area contributed by atoms with Crippen LogP contribution in [0.25, 0.3) is 0 Å². The molecule has 0 radical (unpaired) electrons. The van der Waals surface area contributed by atoms with E-state index in [1.54, 1.807) is 6.20 Å².